The van der Waals surface area contributed by atoms with Crippen molar-refractivity contribution >= 4 is 40.9 Å². The van der Waals surface area contributed by atoms with Crippen LogP contribution in [0, 0.1) is 5.82 Å². The van der Waals surface area contributed by atoms with Gasteiger partial charge in [0.15, 0.2) is 0 Å². The number of hydrogen-bond acceptors (Lipinski definition) is 5. The molecule has 168 valence electrons. The summed E-state index contributed by atoms with van der Waals surface area (Å²) in [7, 11) is -1.91. The maximum absolute atomic E-state index is 13.6. The molecule has 0 atom stereocenters. The first-order valence-corrected chi connectivity index (χ1v) is 10.7. The third-order valence-corrected chi connectivity index (χ3v) is 5.90. The number of nitrogens with one attached hydrogen (secondary N) is 1. The maximum atomic E-state index is 13.6. The van der Waals surface area contributed by atoms with E-state index in [1.807, 2.05) is 6.07 Å². The van der Waals surface area contributed by atoms with Crippen LogP contribution >= 0.6 is 24.8 Å². The zero-order chi connectivity index (χ0) is 20.9. The summed E-state index contributed by atoms with van der Waals surface area (Å²) in [5.74, 6) is -0.605. The molecule has 2 aromatic heterocycles. The molecule has 0 bridgehead atoms. The van der Waals surface area contributed by atoms with Gasteiger partial charge >= 0.3 is 0 Å². The summed E-state index contributed by atoms with van der Waals surface area (Å²) in [6.45, 7) is 0.598. The Labute approximate surface area is 194 Å². The van der Waals surface area contributed by atoms with Crippen LogP contribution in [0.4, 0.5) is 4.39 Å². The Morgan fingerprint density at radius 2 is 2.00 bits per heavy atom. The van der Waals surface area contributed by atoms with Crippen LogP contribution in [0.1, 0.15) is 16.7 Å². The predicted octanol–water partition coefficient (Wildman–Crippen LogP) is 3.60. The fourth-order valence-electron chi connectivity index (χ4n) is 3.07. The second-order valence-corrected chi connectivity index (χ2v) is 8.42. The third-order valence-electron chi connectivity index (χ3n) is 4.39. The molecule has 1 aromatic carbocycles. The first-order valence-electron chi connectivity index (χ1n) is 9.09. The van der Waals surface area contributed by atoms with Crippen LogP contribution in [0.25, 0.3) is 17.3 Å². The average Bonchev–Trinajstić information content (AvgIpc) is 3.13. The highest BCUT2D eigenvalue weighted by molar-refractivity contribution is 7.90. The lowest BCUT2D eigenvalue weighted by Crippen LogP contribution is -2.16. The van der Waals surface area contributed by atoms with E-state index in [9.17, 15) is 12.8 Å². The summed E-state index contributed by atoms with van der Waals surface area (Å²) < 4.78 is 41.0. The SMILES string of the molecule is CNCc1cc(-c2ccc(F)cc2CN)n(S(=O)(=O)CC=Cc2cccnc2)c1.Cl.Cl. The molecule has 0 spiro atoms. The molecule has 0 unspecified atom stereocenters. The number of nitrogens with zero attached hydrogens (tertiary/aromatic N) is 2. The fourth-order valence-corrected chi connectivity index (χ4v) is 4.31. The molecule has 3 aromatic rings. The van der Waals surface area contributed by atoms with Gasteiger partial charge in [-0.1, -0.05) is 18.2 Å². The van der Waals surface area contributed by atoms with Gasteiger partial charge in [-0.3, -0.25) is 4.98 Å². The van der Waals surface area contributed by atoms with Crippen LogP contribution in [0.3, 0.4) is 0 Å². The van der Waals surface area contributed by atoms with E-state index in [2.05, 4.69) is 10.3 Å². The quantitative estimate of drug-likeness (QED) is 0.507. The Morgan fingerprint density at radius 3 is 2.65 bits per heavy atom. The molecular weight excluding hydrogens is 462 g/mol. The van der Waals surface area contributed by atoms with Crippen LogP contribution in [0.5, 0.6) is 0 Å². The molecule has 0 amide bonds. The van der Waals surface area contributed by atoms with E-state index >= 15 is 0 Å². The minimum atomic E-state index is -3.69. The number of aromatic nitrogens is 2. The summed E-state index contributed by atoms with van der Waals surface area (Å²) in [5, 5.41) is 3.02. The van der Waals surface area contributed by atoms with Gasteiger partial charge in [0.05, 0.1) is 11.4 Å². The summed E-state index contributed by atoms with van der Waals surface area (Å²) in [6, 6.07) is 9.61. The summed E-state index contributed by atoms with van der Waals surface area (Å²) in [6.07, 6.45) is 8.19. The second-order valence-electron chi connectivity index (χ2n) is 6.53. The zero-order valence-electron chi connectivity index (χ0n) is 16.9. The van der Waals surface area contributed by atoms with Crippen molar-refractivity contribution in [2.24, 2.45) is 5.73 Å². The van der Waals surface area contributed by atoms with Gasteiger partial charge in [-0.25, -0.2) is 16.8 Å². The van der Waals surface area contributed by atoms with Crippen LogP contribution < -0.4 is 11.1 Å². The van der Waals surface area contributed by atoms with E-state index in [4.69, 9.17) is 5.73 Å². The Balaban J connectivity index is 0.00000240. The molecule has 0 aliphatic heterocycles. The number of halogens is 3. The second kappa shape index (κ2) is 12.0. The molecule has 31 heavy (non-hydrogen) atoms. The monoisotopic (exact) mass is 486 g/mol. The normalized spacial score (nSPS) is 11.2. The predicted molar refractivity (Wildman–Crippen MR) is 127 cm³/mol. The van der Waals surface area contributed by atoms with Gasteiger partial charge in [0.2, 0.25) is 10.0 Å². The highest BCUT2D eigenvalue weighted by Gasteiger charge is 2.20. The van der Waals surface area contributed by atoms with Crippen LogP contribution in [0.15, 0.2) is 61.1 Å². The Morgan fingerprint density at radius 1 is 1.23 bits per heavy atom. The van der Waals surface area contributed by atoms with E-state index in [0.29, 0.717) is 23.4 Å². The van der Waals surface area contributed by atoms with Gasteiger partial charge < -0.3 is 11.1 Å². The minimum absolute atomic E-state index is 0. The Kier molecular flexibility index (Phi) is 10.4. The zero-order valence-corrected chi connectivity index (χ0v) is 19.3. The molecule has 2 heterocycles. The lowest BCUT2D eigenvalue weighted by Gasteiger charge is -2.12. The summed E-state index contributed by atoms with van der Waals surface area (Å²) in [5.41, 5.74) is 8.99. The van der Waals surface area contributed by atoms with Crippen molar-refractivity contribution in [3.05, 3.63) is 83.6 Å². The molecule has 3 rings (SSSR count). The first-order chi connectivity index (χ1) is 13.9. The number of rotatable bonds is 8. The first kappa shape index (κ1) is 26.8. The van der Waals surface area contributed by atoms with E-state index in [1.165, 1.54) is 16.1 Å². The molecule has 10 heteroatoms. The Bertz CT molecular complexity index is 1120. The van der Waals surface area contributed by atoms with Gasteiger partial charge in [-0.05, 0) is 54.1 Å². The summed E-state index contributed by atoms with van der Waals surface area (Å²) in [4.78, 5) is 4.01. The minimum Gasteiger partial charge on any atom is -0.326 e. The van der Waals surface area contributed by atoms with Crippen LogP contribution in [-0.4, -0.2) is 30.2 Å². The highest BCUT2D eigenvalue weighted by atomic mass is 35.5. The number of pyridine rings is 1. The van der Waals surface area contributed by atoms with Crippen LogP contribution in [0.2, 0.25) is 0 Å². The van der Waals surface area contributed by atoms with Crippen molar-refractivity contribution in [1.29, 1.82) is 0 Å². The molecular formula is C21H25Cl2FN4O2S. The average molecular weight is 487 g/mol. The van der Waals surface area contributed by atoms with E-state index in [1.54, 1.807) is 56.0 Å². The third kappa shape index (κ3) is 6.62. The molecule has 0 saturated heterocycles. The fraction of sp³-hybridized carbons (Fsp3) is 0.190. The van der Waals surface area contributed by atoms with Gasteiger partial charge in [0.1, 0.15) is 5.82 Å². The van der Waals surface area contributed by atoms with Crippen molar-refractivity contribution in [2.75, 3.05) is 12.8 Å². The van der Waals surface area contributed by atoms with Crippen molar-refractivity contribution in [1.82, 2.24) is 14.3 Å². The van der Waals surface area contributed by atoms with Gasteiger partial charge in [-0.2, -0.15) is 0 Å². The standard InChI is InChI=1S/C21H23FN4O2S.2ClH/c1-24-13-17-10-21(20-7-6-19(22)11-18(20)12-23)26(15-17)29(27,28)9-3-5-16-4-2-8-25-14-16;;/h2-8,10-11,14-15,24H,9,12-13,23H2,1H3;2*1H. The van der Waals surface area contributed by atoms with E-state index in [-0.39, 0.29) is 37.1 Å². The van der Waals surface area contributed by atoms with Crippen molar-refractivity contribution in [3.63, 3.8) is 0 Å². The van der Waals surface area contributed by atoms with Crippen molar-refractivity contribution < 1.29 is 12.8 Å². The molecule has 0 radical (unpaired) electrons. The largest absolute Gasteiger partial charge is 0.326 e. The van der Waals surface area contributed by atoms with E-state index < -0.39 is 15.8 Å². The lowest BCUT2D eigenvalue weighted by molar-refractivity contribution is 0.591. The molecule has 0 aliphatic rings. The van der Waals surface area contributed by atoms with Crippen molar-refractivity contribution in [3.8, 4) is 11.3 Å². The lowest BCUT2D eigenvalue weighted by atomic mass is 10.0. The molecule has 0 fully saturated rings. The summed E-state index contributed by atoms with van der Waals surface area (Å²) >= 11 is 0. The van der Waals surface area contributed by atoms with Gasteiger partial charge in [-0.15, -0.1) is 24.8 Å². The van der Waals surface area contributed by atoms with Gasteiger partial charge in [0, 0.05) is 37.2 Å². The topological polar surface area (TPSA) is 90.0 Å². The smallest absolute Gasteiger partial charge is 0.242 e. The molecule has 6 nitrogen and oxygen atoms in total. The van der Waals surface area contributed by atoms with Crippen molar-refractivity contribution in [2.45, 2.75) is 13.1 Å². The number of hydrogen-bond donors (Lipinski definition) is 2. The van der Waals surface area contributed by atoms with Gasteiger partial charge in [0.25, 0.3) is 0 Å². The molecule has 3 N–H and O–H groups in total. The van der Waals surface area contributed by atoms with Crippen LogP contribution in [-0.2, 0) is 23.1 Å². The number of benzene rings is 1. The highest BCUT2D eigenvalue weighted by Crippen LogP contribution is 2.28. The Hall–Kier alpha value is -2.23. The van der Waals surface area contributed by atoms with E-state index in [0.717, 1.165) is 11.1 Å². The molecule has 0 saturated carbocycles. The maximum Gasteiger partial charge on any atom is 0.242 e. The molecule has 0 aliphatic carbocycles. The number of nitrogens with two attached hydrogens (primary N) is 1.